The van der Waals surface area contributed by atoms with Crippen LogP contribution in [0.5, 0.6) is 0 Å². The molecule has 2 aromatic rings. The number of nitriles is 1. The minimum Gasteiger partial charge on any atom is -0.389 e. The predicted octanol–water partition coefficient (Wildman–Crippen LogP) is 2.11. The smallest absolute Gasteiger partial charge is 0.0992 e. The van der Waals surface area contributed by atoms with Gasteiger partial charge in [-0.15, -0.1) is 0 Å². The second-order valence-corrected chi connectivity index (χ2v) is 4.02. The Balaban J connectivity index is 2.61. The number of hydrogen-bond donors (Lipinski definition) is 1. The van der Waals surface area contributed by atoms with Gasteiger partial charge in [-0.2, -0.15) is 10.4 Å². The van der Waals surface area contributed by atoms with Gasteiger partial charge in [-0.1, -0.05) is 6.07 Å². The average molecular weight is 227 g/mol. The lowest BCUT2D eigenvalue weighted by Gasteiger charge is -2.12. The van der Waals surface area contributed by atoms with Gasteiger partial charge >= 0.3 is 0 Å². The molecule has 0 radical (unpaired) electrons. The molecule has 4 heteroatoms. The normalized spacial score (nSPS) is 12.1. The monoisotopic (exact) mass is 227 g/mol. The van der Waals surface area contributed by atoms with Crippen LogP contribution in [-0.4, -0.2) is 14.9 Å². The molecule has 17 heavy (non-hydrogen) atoms. The third-order valence-electron chi connectivity index (χ3n) is 2.57. The lowest BCUT2D eigenvalue weighted by Crippen LogP contribution is -2.03. The predicted molar refractivity (Wildman–Crippen MR) is 63.6 cm³/mol. The van der Waals surface area contributed by atoms with Gasteiger partial charge in [-0.05, 0) is 31.5 Å². The van der Waals surface area contributed by atoms with E-state index in [1.165, 1.54) is 0 Å². The van der Waals surface area contributed by atoms with Gasteiger partial charge < -0.3 is 5.11 Å². The molecule has 0 bridgehead atoms. The van der Waals surface area contributed by atoms with E-state index in [1.807, 2.05) is 13.1 Å². The van der Waals surface area contributed by atoms with Crippen LogP contribution in [0.1, 0.15) is 29.7 Å². The molecule has 0 unspecified atom stereocenters. The van der Waals surface area contributed by atoms with Gasteiger partial charge in [0.05, 0.1) is 29.6 Å². The Bertz CT molecular complexity index is 579. The zero-order valence-corrected chi connectivity index (χ0v) is 9.75. The summed E-state index contributed by atoms with van der Waals surface area (Å²) >= 11 is 0. The van der Waals surface area contributed by atoms with Crippen molar-refractivity contribution in [2.75, 3.05) is 0 Å². The maximum absolute atomic E-state index is 9.71. The number of aliphatic hydroxyl groups is 1. The Morgan fingerprint density at radius 3 is 2.76 bits per heavy atom. The summed E-state index contributed by atoms with van der Waals surface area (Å²) < 4.78 is 1.68. The van der Waals surface area contributed by atoms with Crippen molar-refractivity contribution in [1.29, 1.82) is 5.26 Å². The highest BCUT2D eigenvalue weighted by molar-refractivity contribution is 5.48. The molecule has 86 valence electrons. The van der Waals surface area contributed by atoms with E-state index in [1.54, 1.807) is 36.0 Å². The summed E-state index contributed by atoms with van der Waals surface area (Å²) in [6.45, 7) is 3.64. The number of nitrogens with zero attached hydrogens (tertiary/aromatic N) is 3. The number of aryl methyl sites for hydroxylation is 1. The summed E-state index contributed by atoms with van der Waals surface area (Å²) in [6.07, 6.45) is 3.01. The summed E-state index contributed by atoms with van der Waals surface area (Å²) in [5, 5.41) is 22.8. The Morgan fingerprint density at radius 2 is 2.24 bits per heavy atom. The Hall–Kier alpha value is -2.12. The second-order valence-electron chi connectivity index (χ2n) is 4.02. The fraction of sp³-hybridized carbons (Fsp3) is 0.231. The van der Waals surface area contributed by atoms with Crippen molar-refractivity contribution in [3.63, 3.8) is 0 Å². The zero-order chi connectivity index (χ0) is 12.4. The Labute approximate surface area is 99.7 Å². The first-order valence-corrected chi connectivity index (χ1v) is 5.35. The first-order valence-electron chi connectivity index (χ1n) is 5.35. The van der Waals surface area contributed by atoms with Gasteiger partial charge in [0.2, 0.25) is 0 Å². The lowest BCUT2D eigenvalue weighted by molar-refractivity contribution is 0.199. The van der Waals surface area contributed by atoms with Crippen LogP contribution in [0.15, 0.2) is 30.6 Å². The molecule has 0 aliphatic rings. The van der Waals surface area contributed by atoms with Crippen LogP contribution < -0.4 is 0 Å². The molecular formula is C13H13N3O. The highest BCUT2D eigenvalue weighted by Gasteiger charge is 2.11. The third kappa shape index (κ3) is 2.19. The first-order chi connectivity index (χ1) is 8.11. The van der Waals surface area contributed by atoms with Gasteiger partial charge in [-0.3, -0.25) is 0 Å². The standard InChI is InChI=1S/C13H13N3O/c1-9-7-15-16(8-9)13-5-11(6-14)3-4-12(13)10(2)17/h3-5,7-8,10,17H,1-2H3/t10-/m0/s1. The molecule has 4 nitrogen and oxygen atoms in total. The molecule has 1 atom stereocenters. The molecule has 1 aromatic carbocycles. The van der Waals surface area contributed by atoms with E-state index in [9.17, 15) is 5.11 Å². The summed E-state index contributed by atoms with van der Waals surface area (Å²) in [5.41, 5.74) is 3.08. The van der Waals surface area contributed by atoms with E-state index in [0.717, 1.165) is 16.8 Å². The van der Waals surface area contributed by atoms with Crippen LogP contribution in [0, 0.1) is 18.3 Å². The van der Waals surface area contributed by atoms with Crippen LogP contribution >= 0.6 is 0 Å². The van der Waals surface area contributed by atoms with Crippen molar-refractivity contribution in [3.8, 4) is 11.8 Å². The largest absolute Gasteiger partial charge is 0.389 e. The molecule has 0 saturated heterocycles. The highest BCUT2D eigenvalue weighted by atomic mass is 16.3. The van der Waals surface area contributed by atoms with E-state index in [0.29, 0.717) is 5.56 Å². The minimum atomic E-state index is -0.595. The number of aromatic nitrogens is 2. The van der Waals surface area contributed by atoms with Gasteiger partial charge in [-0.25, -0.2) is 4.68 Å². The van der Waals surface area contributed by atoms with Crippen molar-refractivity contribution < 1.29 is 5.11 Å². The van der Waals surface area contributed by atoms with Crippen LogP contribution in [0.25, 0.3) is 5.69 Å². The molecule has 0 amide bonds. The quantitative estimate of drug-likeness (QED) is 0.854. The zero-order valence-electron chi connectivity index (χ0n) is 9.75. The van der Waals surface area contributed by atoms with Gasteiger partial charge in [0.15, 0.2) is 0 Å². The van der Waals surface area contributed by atoms with Crippen molar-refractivity contribution in [3.05, 3.63) is 47.3 Å². The average Bonchev–Trinajstić information content (AvgIpc) is 2.75. The van der Waals surface area contributed by atoms with E-state index in [2.05, 4.69) is 11.2 Å². The fourth-order valence-corrected chi connectivity index (χ4v) is 1.71. The molecule has 2 rings (SSSR count). The molecule has 1 N–H and O–H groups in total. The number of aliphatic hydroxyl groups excluding tert-OH is 1. The molecule has 0 spiro atoms. The summed E-state index contributed by atoms with van der Waals surface area (Å²) in [4.78, 5) is 0. The van der Waals surface area contributed by atoms with E-state index < -0.39 is 6.10 Å². The van der Waals surface area contributed by atoms with E-state index >= 15 is 0 Å². The molecule has 0 aliphatic heterocycles. The Morgan fingerprint density at radius 1 is 1.47 bits per heavy atom. The van der Waals surface area contributed by atoms with Crippen LogP contribution in [-0.2, 0) is 0 Å². The summed E-state index contributed by atoms with van der Waals surface area (Å²) in [5.74, 6) is 0. The van der Waals surface area contributed by atoms with Crippen molar-refractivity contribution in [2.45, 2.75) is 20.0 Å². The molecule has 1 aromatic heterocycles. The van der Waals surface area contributed by atoms with E-state index in [4.69, 9.17) is 5.26 Å². The molecule has 0 fully saturated rings. The maximum atomic E-state index is 9.71. The SMILES string of the molecule is Cc1cnn(-c2cc(C#N)ccc2[C@H](C)O)c1. The van der Waals surface area contributed by atoms with Crippen molar-refractivity contribution >= 4 is 0 Å². The lowest BCUT2D eigenvalue weighted by atomic mass is 10.1. The van der Waals surface area contributed by atoms with Gasteiger partial charge in [0, 0.05) is 11.8 Å². The molecule has 1 heterocycles. The van der Waals surface area contributed by atoms with Crippen LogP contribution in [0.2, 0.25) is 0 Å². The first kappa shape index (κ1) is 11.4. The van der Waals surface area contributed by atoms with Crippen molar-refractivity contribution in [1.82, 2.24) is 9.78 Å². The topological polar surface area (TPSA) is 61.8 Å². The minimum absolute atomic E-state index is 0.553. The summed E-state index contributed by atoms with van der Waals surface area (Å²) in [7, 11) is 0. The van der Waals surface area contributed by atoms with Crippen LogP contribution in [0.3, 0.4) is 0 Å². The number of benzene rings is 1. The van der Waals surface area contributed by atoms with Gasteiger partial charge in [0.1, 0.15) is 0 Å². The van der Waals surface area contributed by atoms with Crippen LogP contribution in [0.4, 0.5) is 0 Å². The molecule has 0 aliphatic carbocycles. The molecule has 0 saturated carbocycles. The Kier molecular flexibility index (Phi) is 2.94. The third-order valence-corrected chi connectivity index (χ3v) is 2.57. The van der Waals surface area contributed by atoms with Gasteiger partial charge in [0.25, 0.3) is 0 Å². The van der Waals surface area contributed by atoms with E-state index in [-0.39, 0.29) is 0 Å². The second kappa shape index (κ2) is 4.40. The number of hydrogen-bond acceptors (Lipinski definition) is 3. The highest BCUT2D eigenvalue weighted by Crippen LogP contribution is 2.22. The number of rotatable bonds is 2. The fourth-order valence-electron chi connectivity index (χ4n) is 1.71. The summed E-state index contributed by atoms with van der Waals surface area (Å²) in [6, 6.07) is 7.27. The van der Waals surface area contributed by atoms with Crippen molar-refractivity contribution in [2.24, 2.45) is 0 Å². The maximum Gasteiger partial charge on any atom is 0.0992 e. The molecular weight excluding hydrogens is 214 g/mol.